The van der Waals surface area contributed by atoms with Crippen LogP contribution in [0.15, 0.2) is 5.16 Å². The van der Waals surface area contributed by atoms with Gasteiger partial charge >= 0.3 is 6.09 Å². The van der Waals surface area contributed by atoms with E-state index in [1.54, 1.807) is 20.8 Å². The summed E-state index contributed by atoms with van der Waals surface area (Å²) in [6.07, 6.45) is -0.439. The molecule has 6 nitrogen and oxygen atoms in total. The third-order valence-corrected chi connectivity index (χ3v) is 2.47. The highest BCUT2D eigenvalue weighted by Gasteiger charge is 2.30. The first-order chi connectivity index (χ1) is 7.81. The van der Waals surface area contributed by atoms with Crippen molar-refractivity contribution in [2.24, 2.45) is 5.16 Å². The van der Waals surface area contributed by atoms with Crippen molar-refractivity contribution >= 4 is 26.6 Å². The molecule has 0 aliphatic carbocycles. The largest absolute Gasteiger partial charge is 0.444 e. The number of carbonyl (C=O) groups excluding carboxylic acids is 1. The fraction of sp³-hybridized carbons (Fsp3) is 0.800. The van der Waals surface area contributed by atoms with Crippen molar-refractivity contribution in [1.29, 1.82) is 0 Å². The number of hydrogen-bond acceptors (Lipinski definition) is 5. The Hall–Kier alpha value is -0.820. The van der Waals surface area contributed by atoms with Crippen molar-refractivity contribution in [1.82, 2.24) is 5.32 Å². The smallest absolute Gasteiger partial charge is 0.408 e. The number of oxime groups is 1. The molecule has 1 heterocycles. The van der Waals surface area contributed by atoms with Crippen LogP contribution in [0.3, 0.4) is 0 Å². The Bertz CT molecular complexity index is 314. The fourth-order valence-electron chi connectivity index (χ4n) is 1.30. The average Bonchev–Trinajstić information content (AvgIpc) is 2.58. The molecule has 17 heavy (non-hydrogen) atoms. The molecule has 1 rings (SSSR count). The molecule has 1 aliphatic rings. The summed E-state index contributed by atoms with van der Waals surface area (Å²) in [6, 6.07) is -0.538. The second-order valence-electron chi connectivity index (χ2n) is 4.75. The summed E-state index contributed by atoms with van der Waals surface area (Å²) >= 11 is 3.19. The van der Waals surface area contributed by atoms with Gasteiger partial charge in [0.15, 0.2) is 6.10 Å². The average molecular weight is 309 g/mol. The molecule has 2 unspecified atom stereocenters. The number of hydrogen-bond donors (Lipinski definition) is 2. The zero-order valence-electron chi connectivity index (χ0n) is 10.1. The van der Waals surface area contributed by atoms with E-state index in [2.05, 4.69) is 26.4 Å². The maximum atomic E-state index is 11.5. The lowest BCUT2D eigenvalue weighted by Gasteiger charge is -2.24. The summed E-state index contributed by atoms with van der Waals surface area (Å²) in [5.74, 6) is 0. The molecule has 0 spiro atoms. The molecule has 0 aromatic heterocycles. The normalized spacial score (nSPS) is 21.5. The van der Waals surface area contributed by atoms with Gasteiger partial charge in [0, 0.05) is 6.42 Å². The molecular formula is C10H17BrN2O4. The second-order valence-corrected chi connectivity index (χ2v) is 5.67. The molecule has 0 fully saturated rings. The number of aliphatic hydroxyl groups excluding tert-OH is 1. The van der Waals surface area contributed by atoms with Gasteiger partial charge < -0.3 is 20.0 Å². The van der Waals surface area contributed by atoms with E-state index in [0.717, 1.165) is 0 Å². The van der Waals surface area contributed by atoms with Crippen molar-refractivity contribution in [3.05, 3.63) is 0 Å². The number of halogens is 1. The quantitative estimate of drug-likeness (QED) is 0.825. The number of aliphatic hydroxyl groups is 1. The highest BCUT2D eigenvalue weighted by atomic mass is 79.9. The number of carbonyl (C=O) groups is 1. The first-order valence-corrected chi connectivity index (χ1v) is 6.09. The van der Waals surface area contributed by atoms with E-state index in [-0.39, 0.29) is 12.7 Å². The van der Waals surface area contributed by atoms with Crippen LogP contribution in [0.2, 0.25) is 0 Å². The Morgan fingerprint density at radius 1 is 1.76 bits per heavy atom. The van der Waals surface area contributed by atoms with Crippen LogP contribution in [0.4, 0.5) is 4.79 Å². The minimum atomic E-state index is -0.580. The van der Waals surface area contributed by atoms with Crippen LogP contribution in [0, 0.1) is 0 Å². The third kappa shape index (κ3) is 4.91. The van der Waals surface area contributed by atoms with Gasteiger partial charge in [0.1, 0.15) is 10.2 Å². The van der Waals surface area contributed by atoms with Crippen LogP contribution < -0.4 is 5.32 Å². The predicted molar refractivity (Wildman–Crippen MR) is 66.1 cm³/mol. The molecule has 1 amide bonds. The van der Waals surface area contributed by atoms with E-state index in [4.69, 9.17) is 9.57 Å². The molecule has 0 bridgehead atoms. The molecule has 0 aromatic rings. The summed E-state index contributed by atoms with van der Waals surface area (Å²) in [5.41, 5.74) is -0.572. The minimum absolute atomic E-state index is 0.236. The lowest BCUT2D eigenvalue weighted by atomic mass is 10.1. The van der Waals surface area contributed by atoms with Crippen LogP contribution in [0.1, 0.15) is 27.2 Å². The number of rotatable bonds is 3. The van der Waals surface area contributed by atoms with E-state index >= 15 is 0 Å². The Balaban J connectivity index is 2.45. The van der Waals surface area contributed by atoms with E-state index in [0.29, 0.717) is 11.0 Å². The summed E-state index contributed by atoms with van der Waals surface area (Å²) in [5, 5.41) is 15.5. The van der Waals surface area contributed by atoms with E-state index in [9.17, 15) is 9.90 Å². The van der Waals surface area contributed by atoms with Gasteiger partial charge in [0.25, 0.3) is 0 Å². The Labute approximate surface area is 108 Å². The van der Waals surface area contributed by atoms with Crippen LogP contribution in [-0.2, 0) is 9.57 Å². The topological polar surface area (TPSA) is 80.2 Å². The van der Waals surface area contributed by atoms with Crippen molar-refractivity contribution < 1.29 is 19.5 Å². The Morgan fingerprint density at radius 2 is 2.41 bits per heavy atom. The van der Waals surface area contributed by atoms with Gasteiger partial charge in [-0.05, 0) is 36.7 Å². The van der Waals surface area contributed by atoms with Gasteiger partial charge in [-0.1, -0.05) is 5.16 Å². The van der Waals surface area contributed by atoms with Gasteiger partial charge in [-0.3, -0.25) is 0 Å². The summed E-state index contributed by atoms with van der Waals surface area (Å²) in [7, 11) is 0. The first-order valence-electron chi connectivity index (χ1n) is 5.30. The summed E-state index contributed by atoms with van der Waals surface area (Å²) in [4.78, 5) is 16.6. The monoisotopic (exact) mass is 308 g/mol. The molecule has 0 aromatic carbocycles. The second kappa shape index (κ2) is 5.68. The number of nitrogens with zero attached hydrogens (tertiary/aromatic N) is 1. The number of alkyl carbamates (subject to hydrolysis) is 1. The van der Waals surface area contributed by atoms with Gasteiger partial charge in [-0.15, -0.1) is 0 Å². The van der Waals surface area contributed by atoms with E-state index < -0.39 is 17.7 Å². The highest BCUT2D eigenvalue weighted by molar-refractivity contribution is 9.18. The lowest BCUT2D eigenvalue weighted by Crippen LogP contribution is -2.47. The van der Waals surface area contributed by atoms with Crippen LogP contribution in [0.25, 0.3) is 0 Å². The van der Waals surface area contributed by atoms with E-state index in [1.165, 1.54) is 0 Å². The fourth-order valence-corrected chi connectivity index (χ4v) is 1.70. The standard InChI is InChI=1S/C10H17BrN2O4/c1-10(2,3)16-9(15)12-6(5-14)7-4-8(11)13-17-7/h6-7,14H,4-5H2,1-3H3,(H,12,15). The van der Waals surface area contributed by atoms with Gasteiger partial charge in [-0.25, -0.2) is 4.79 Å². The zero-order valence-corrected chi connectivity index (χ0v) is 11.7. The minimum Gasteiger partial charge on any atom is -0.444 e. The molecule has 0 radical (unpaired) electrons. The van der Waals surface area contributed by atoms with Crippen molar-refractivity contribution in [3.63, 3.8) is 0 Å². The lowest BCUT2D eigenvalue weighted by molar-refractivity contribution is 0.0178. The van der Waals surface area contributed by atoms with Gasteiger partial charge in [0.05, 0.1) is 12.6 Å². The van der Waals surface area contributed by atoms with Gasteiger partial charge in [-0.2, -0.15) is 0 Å². The molecule has 98 valence electrons. The molecule has 2 N–H and O–H groups in total. The summed E-state index contributed by atoms with van der Waals surface area (Å²) < 4.78 is 5.75. The SMILES string of the molecule is CC(C)(C)OC(=O)NC(CO)C1CC(Br)=NO1. The number of nitrogens with one attached hydrogen (secondary N) is 1. The van der Waals surface area contributed by atoms with Crippen molar-refractivity contribution in [3.8, 4) is 0 Å². The van der Waals surface area contributed by atoms with Gasteiger partial charge in [0.2, 0.25) is 0 Å². The predicted octanol–water partition coefficient (Wildman–Crippen LogP) is 1.37. The molecule has 2 atom stereocenters. The van der Waals surface area contributed by atoms with E-state index in [1.807, 2.05) is 0 Å². The Morgan fingerprint density at radius 3 is 2.82 bits per heavy atom. The number of ether oxygens (including phenoxy) is 1. The maximum absolute atomic E-state index is 11.5. The van der Waals surface area contributed by atoms with Crippen LogP contribution in [-0.4, -0.2) is 40.2 Å². The molecule has 0 saturated carbocycles. The first kappa shape index (κ1) is 14.2. The highest BCUT2D eigenvalue weighted by Crippen LogP contribution is 2.17. The third-order valence-electron chi connectivity index (χ3n) is 2.00. The van der Waals surface area contributed by atoms with Crippen LogP contribution >= 0.6 is 15.9 Å². The molecule has 7 heteroatoms. The Kier molecular flexibility index (Phi) is 4.76. The van der Waals surface area contributed by atoms with Crippen molar-refractivity contribution in [2.75, 3.05) is 6.61 Å². The molecular weight excluding hydrogens is 292 g/mol. The zero-order chi connectivity index (χ0) is 13.1. The van der Waals surface area contributed by atoms with Crippen molar-refractivity contribution in [2.45, 2.75) is 44.9 Å². The molecule has 1 aliphatic heterocycles. The van der Waals surface area contributed by atoms with Crippen LogP contribution in [0.5, 0.6) is 0 Å². The number of amides is 1. The summed E-state index contributed by atoms with van der Waals surface area (Å²) in [6.45, 7) is 5.07. The maximum Gasteiger partial charge on any atom is 0.408 e. The molecule has 0 saturated heterocycles.